The fourth-order valence-electron chi connectivity index (χ4n) is 1.75. The summed E-state index contributed by atoms with van der Waals surface area (Å²) in [5.74, 6) is -3.46. The highest BCUT2D eigenvalue weighted by molar-refractivity contribution is 6.06. The second-order valence-electron chi connectivity index (χ2n) is 4.52. The van der Waals surface area contributed by atoms with Crippen molar-refractivity contribution >= 4 is 17.6 Å². The van der Waals surface area contributed by atoms with Crippen LogP contribution in [0.4, 0.5) is 5.69 Å². The number of rotatable bonds is 3. The lowest BCUT2D eigenvalue weighted by molar-refractivity contribution is 0.0693. The quantitative estimate of drug-likeness (QED) is 0.648. The van der Waals surface area contributed by atoms with E-state index in [1.165, 1.54) is 0 Å². The zero-order chi connectivity index (χ0) is 15.6. The van der Waals surface area contributed by atoms with Gasteiger partial charge in [0.25, 0.3) is 5.91 Å². The van der Waals surface area contributed by atoms with Crippen LogP contribution in [-0.4, -0.2) is 27.2 Å². The lowest BCUT2D eigenvalue weighted by Crippen LogP contribution is -2.13. The third-order valence-corrected chi connectivity index (χ3v) is 2.89. The molecule has 0 spiro atoms. The fourth-order valence-corrected chi connectivity index (χ4v) is 1.75. The van der Waals surface area contributed by atoms with Crippen LogP contribution in [0.25, 0.3) is 0 Å². The van der Waals surface area contributed by atoms with Gasteiger partial charge >= 0.3 is 5.97 Å². The van der Waals surface area contributed by atoms with Gasteiger partial charge in [0.05, 0.1) is 0 Å². The molecule has 0 saturated carbocycles. The molecule has 0 aliphatic heterocycles. The molecule has 1 amide bonds. The molecule has 0 aromatic heterocycles. The molecule has 2 aromatic rings. The highest BCUT2D eigenvalue weighted by Gasteiger charge is 2.18. The topological polar surface area (TPSA) is 107 Å². The van der Waals surface area contributed by atoms with Crippen LogP contribution in [0.5, 0.6) is 11.5 Å². The number of anilines is 1. The first kappa shape index (κ1) is 14.4. The van der Waals surface area contributed by atoms with Crippen LogP contribution >= 0.6 is 0 Å². The van der Waals surface area contributed by atoms with Gasteiger partial charge in [0.1, 0.15) is 5.56 Å². The zero-order valence-corrected chi connectivity index (χ0v) is 11.1. The summed E-state index contributed by atoms with van der Waals surface area (Å²) in [6, 6.07) is 9.03. The van der Waals surface area contributed by atoms with Gasteiger partial charge in [-0.1, -0.05) is 17.7 Å². The van der Waals surface area contributed by atoms with Crippen molar-refractivity contribution in [3.8, 4) is 11.5 Å². The molecule has 0 aliphatic carbocycles. The number of amides is 1. The normalized spacial score (nSPS) is 10.1. The van der Waals surface area contributed by atoms with Gasteiger partial charge in [-0.25, -0.2) is 4.79 Å². The first-order valence-corrected chi connectivity index (χ1v) is 6.06. The number of aryl methyl sites for hydroxylation is 1. The zero-order valence-electron chi connectivity index (χ0n) is 11.1. The standard InChI is InChI=1S/C15H13NO5/c1-8-2-4-10(5-3-8)16-14(19)9-6-11(15(20)21)13(18)12(17)7-9/h2-7,17-18H,1H3,(H,16,19)(H,20,21). The number of carboxylic acid groups (broad SMARTS) is 1. The molecule has 0 saturated heterocycles. The molecule has 6 nitrogen and oxygen atoms in total. The smallest absolute Gasteiger partial charge is 0.339 e. The number of hydrogen-bond acceptors (Lipinski definition) is 4. The number of carboxylic acids is 1. The SMILES string of the molecule is Cc1ccc(NC(=O)c2cc(O)c(O)c(C(=O)O)c2)cc1. The number of hydrogen-bond donors (Lipinski definition) is 4. The van der Waals surface area contributed by atoms with Crippen LogP contribution in [0, 0.1) is 6.92 Å². The van der Waals surface area contributed by atoms with E-state index in [1.807, 2.05) is 19.1 Å². The van der Waals surface area contributed by atoms with Crippen LogP contribution in [0.15, 0.2) is 36.4 Å². The molecule has 0 radical (unpaired) electrons. The lowest BCUT2D eigenvalue weighted by atomic mass is 10.1. The van der Waals surface area contributed by atoms with Crippen molar-refractivity contribution in [3.05, 3.63) is 53.1 Å². The third kappa shape index (κ3) is 3.11. The molecule has 0 heterocycles. The van der Waals surface area contributed by atoms with E-state index >= 15 is 0 Å². The van der Waals surface area contributed by atoms with Crippen molar-refractivity contribution in [2.24, 2.45) is 0 Å². The summed E-state index contributed by atoms with van der Waals surface area (Å²) in [7, 11) is 0. The van der Waals surface area contributed by atoms with Gasteiger partial charge in [0.15, 0.2) is 11.5 Å². The van der Waals surface area contributed by atoms with E-state index in [0.29, 0.717) is 5.69 Å². The Morgan fingerprint density at radius 1 is 1.05 bits per heavy atom. The first-order chi connectivity index (χ1) is 9.88. The number of nitrogens with one attached hydrogen (secondary N) is 1. The van der Waals surface area contributed by atoms with Crippen molar-refractivity contribution in [1.29, 1.82) is 0 Å². The van der Waals surface area contributed by atoms with E-state index < -0.39 is 28.9 Å². The van der Waals surface area contributed by atoms with Crippen LogP contribution in [0.2, 0.25) is 0 Å². The Morgan fingerprint density at radius 2 is 1.67 bits per heavy atom. The minimum Gasteiger partial charge on any atom is -0.504 e. The molecule has 108 valence electrons. The molecule has 0 aliphatic rings. The van der Waals surface area contributed by atoms with Gasteiger partial charge in [-0.05, 0) is 31.2 Å². The predicted molar refractivity (Wildman–Crippen MR) is 75.9 cm³/mol. The van der Waals surface area contributed by atoms with E-state index in [0.717, 1.165) is 17.7 Å². The van der Waals surface area contributed by atoms with E-state index in [1.54, 1.807) is 12.1 Å². The Morgan fingerprint density at radius 3 is 2.24 bits per heavy atom. The Hall–Kier alpha value is -3.02. The van der Waals surface area contributed by atoms with Gasteiger partial charge in [0, 0.05) is 11.3 Å². The van der Waals surface area contributed by atoms with Crippen LogP contribution in [0.1, 0.15) is 26.3 Å². The molecule has 0 bridgehead atoms. The van der Waals surface area contributed by atoms with Crippen molar-refractivity contribution < 1.29 is 24.9 Å². The van der Waals surface area contributed by atoms with Gasteiger partial charge in [0.2, 0.25) is 0 Å². The Labute approximate surface area is 120 Å². The number of carbonyl (C=O) groups is 2. The molecular formula is C15H13NO5. The highest BCUT2D eigenvalue weighted by atomic mass is 16.4. The summed E-state index contributed by atoms with van der Waals surface area (Å²) in [6.07, 6.45) is 0. The molecule has 2 aromatic carbocycles. The van der Waals surface area contributed by atoms with Gasteiger partial charge < -0.3 is 20.6 Å². The number of phenolic OH excluding ortho intramolecular Hbond substituents is 1. The van der Waals surface area contributed by atoms with Crippen LogP contribution in [-0.2, 0) is 0 Å². The molecule has 4 N–H and O–H groups in total. The van der Waals surface area contributed by atoms with E-state index in [9.17, 15) is 19.8 Å². The third-order valence-electron chi connectivity index (χ3n) is 2.89. The average Bonchev–Trinajstić information content (AvgIpc) is 2.43. The minimum absolute atomic E-state index is 0.0664. The summed E-state index contributed by atoms with van der Waals surface area (Å²) in [4.78, 5) is 23.0. The van der Waals surface area contributed by atoms with Crippen molar-refractivity contribution in [2.45, 2.75) is 6.92 Å². The van der Waals surface area contributed by atoms with E-state index in [-0.39, 0.29) is 5.56 Å². The number of carbonyl (C=O) groups excluding carboxylic acids is 1. The Kier molecular flexibility index (Phi) is 3.80. The Balaban J connectivity index is 2.31. The highest BCUT2D eigenvalue weighted by Crippen LogP contribution is 2.30. The molecule has 0 fully saturated rings. The van der Waals surface area contributed by atoms with Crippen LogP contribution < -0.4 is 5.32 Å². The summed E-state index contributed by atoms with van der Waals surface area (Å²) in [5, 5.41) is 30.4. The monoisotopic (exact) mass is 287 g/mol. The van der Waals surface area contributed by atoms with E-state index in [2.05, 4.69) is 5.32 Å². The molecule has 21 heavy (non-hydrogen) atoms. The largest absolute Gasteiger partial charge is 0.504 e. The maximum Gasteiger partial charge on any atom is 0.339 e. The molecule has 0 unspecified atom stereocenters. The summed E-state index contributed by atoms with van der Waals surface area (Å²) in [6.45, 7) is 1.91. The first-order valence-electron chi connectivity index (χ1n) is 6.06. The van der Waals surface area contributed by atoms with Crippen molar-refractivity contribution in [2.75, 3.05) is 5.32 Å². The molecule has 2 rings (SSSR count). The fraction of sp³-hybridized carbons (Fsp3) is 0.0667. The predicted octanol–water partition coefficient (Wildman–Crippen LogP) is 2.36. The lowest BCUT2D eigenvalue weighted by Gasteiger charge is -2.08. The second kappa shape index (κ2) is 5.54. The minimum atomic E-state index is -1.44. The van der Waals surface area contributed by atoms with E-state index in [4.69, 9.17) is 5.11 Å². The van der Waals surface area contributed by atoms with Gasteiger partial charge in [-0.15, -0.1) is 0 Å². The van der Waals surface area contributed by atoms with Crippen LogP contribution in [0.3, 0.4) is 0 Å². The molecule has 0 atom stereocenters. The second-order valence-corrected chi connectivity index (χ2v) is 4.52. The number of benzene rings is 2. The summed E-state index contributed by atoms with van der Waals surface area (Å²) >= 11 is 0. The number of aromatic carboxylic acids is 1. The number of phenols is 2. The molecular weight excluding hydrogens is 274 g/mol. The average molecular weight is 287 g/mol. The maximum atomic E-state index is 12.0. The van der Waals surface area contributed by atoms with Gasteiger partial charge in [-0.3, -0.25) is 4.79 Å². The van der Waals surface area contributed by atoms with Gasteiger partial charge in [-0.2, -0.15) is 0 Å². The van der Waals surface area contributed by atoms with Crippen molar-refractivity contribution in [3.63, 3.8) is 0 Å². The molecule has 6 heteroatoms. The number of aromatic hydroxyl groups is 2. The Bertz CT molecular complexity index is 707. The summed E-state index contributed by atoms with van der Waals surface area (Å²) < 4.78 is 0. The summed E-state index contributed by atoms with van der Waals surface area (Å²) in [5.41, 5.74) is 0.964. The maximum absolute atomic E-state index is 12.0. The van der Waals surface area contributed by atoms with Crippen molar-refractivity contribution in [1.82, 2.24) is 0 Å².